The molecule has 0 bridgehead atoms. The van der Waals surface area contributed by atoms with E-state index in [4.69, 9.17) is 10.5 Å². The van der Waals surface area contributed by atoms with Crippen LogP contribution in [0.15, 0.2) is 0 Å². The van der Waals surface area contributed by atoms with Crippen molar-refractivity contribution in [2.24, 2.45) is 11.7 Å². The van der Waals surface area contributed by atoms with Crippen LogP contribution in [0.1, 0.15) is 13.8 Å². The minimum atomic E-state index is 0.662. The lowest BCUT2D eigenvalue weighted by molar-refractivity contribution is -0.0979. The highest BCUT2D eigenvalue weighted by Crippen LogP contribution is 1.81. The maximum atomic E-state index is 8.00. The molecule has 0 heterocycles. The predicted octanol–water partition coefficient (Wildman–Crippen LogP) is 0.416. The molecule has 0 aromatic carbocycles. The first-order valence-corrected chi connectivity index (χ1v) is 2.26. The Morgan fingerprint density at radius 1 is 1.57 bits per heavy atom. The van der Waals surface area contributed by atoms with Crippen LogP contribution in [0.5, 0.6) is 0 Å². The molecule has 44 valence electrons. The molecule has 0 unspecified atom stereocenters. The van der Waals surface area contributed by atoms with Crippen molar-refractivity contribution in [2.75, 3.05) is 6.54 Å². The summed E-state index contributed by atoms with van der Waals surface area (Å²) < 4.78 is 0. The molecule has 2 nitrogen and oxygen atoms in total. The van der Waals surface area contributed by atoms with Crippen molar-refractivity contribution in [1.29, 1.82) is 0 Å². The number of hydrogen-bond donors (Lipinski definition) is 1. The maximum Gasteiger partial charge on any atom is 0.106 e. The van der Waals surface area contributed by atoms with Crippen LogP contribution in [0.3, 0.4) is 0 Å². The van der Waals surface area contributed by atoms with Crippen molar-refractivity contribution in [2.45, 2.75) is 13.8 Å². The fourth-order valence-electron chi connectivity index (χ4n) is 0. The van der Waals surface area contributed by atoms with E-state index < -0.39 is 0 Å². The van der Waals surface area contributed by atoms with Crippen molar-refractivity contribution in [1.82, 2.24) is 0 Å². The largest absolute Gasteiger partial charge is 0.330 e. The van der Waals surface area contributed by atoms with E-state index in [1.54, 1.807) is 0 Å². The summed E-state index contributed by atoms with van der Waals surface area (Å²) in [5.74, 6) is 0.662. The maximum absolute atomic E-state index is 8.00. The lowest BCUT2D eigenvalue weighted by atomic mass is 10.2. The molecule has 0 aromatic rings. The molecule has 2 N–H and O–H groups in total. The molecule has 0 spiro atoms. The van der Waals surface area contributed by atoms with Crippen LogP contribution in [0.4, 0.5) is 0 Å². The van der Waals surface area contributed by atoms with Gasteiger partial charge in [-0.05, 0) is 12.5 Å². The van der Waals surface area contributed by atoms with Gasteiger partial charge in [0.15, 0.2) is 0 Å². The van der Waals surface area contributed by atoms with Gasteiger partial charge in [0.2, 0.25) is 0 Å². The lowest BCUT2D eigenvalue weighted by Gasteiger charge is -1.91. The molecule has 0 saturated carbocycles. The van der Waals surface area contributed by atoms with Gasteiger partial charge in [0, 0.05) is 0 Å². The van der Waals surface area contributed by atoms with Gasteiger partial charge < -0.3 is 10.5 Å². The Bertz CT molecular complexity index is 29.3. The Morgan fingerprint density at radius 3 is 1.71 bits per heavy atom. The van der Waals surface area contributed by atoms with Crippen molar-refractivity contribution in [3.05, 3.63) is 0 Å². The van der Waals surface area contributed by atoms with E-state index in [2.05, 4.69) is 13.8 Å². The van der Waals surface area contributed by atoms with Gasteiger partial charge >= 0.3 is 0 Å². The highest BCUT2D eigenvalue weighted by molar-refractivity contribution is 5.10. The third-order valence-corrected chi connectivity index (χ3v) is 0.471. The molecule has 0 radical (unpaired) electrons. The van der Waals surface area contributed by atoms with E-state index in [0.29, 0.717) is 5.92 Å². The van der Waals surface area contributed by atoms with E-state index in [0.717, 1.165) is 6.54 Å². The second-order valence-corrected chi connectivity index (χ2v) is 1.63. The molecule has 0 saturated heterocycles. The van der Waals surface area contributed by atoms with Gasteiger partial charge in [-0.25, -0.2) is 0 Å². The molecule has 0 aliphatic heterocycles. The van der Waals surface area contributed by atoms with Gasteiger partial charge in [-0.3, -0.25) is 0 Å². The van der Waals surface area contributed by atoms with Crippen molar-refractivity contribution >= 4 is 6.79 Å². The summed E-state index contributed by atoms with van der Waals surface area (Å²) in [7, 11) is 0. The summed E-state index contributed by atoms with van der Waals surface area (Å²) in [6, 6.07) is 0. The van der Waals surface area contributed by atoms with Crippen LogP contribution in [0.25, 0.3) is 0 Å². The van der Waals surface area contributed by atoms with Crippen molar-refractivity contribution in [3.8, 4) is 0 Å². The first kappa shape index (κ1) is 9.80. The third kappa shape index (κ3) is 27.9. The number of nitrogens with two attached hydrogens (primary N) is 1. The topological polar surface area (TPSA) is 43.1 Å². The van der Waals surface area contributed by atoms with E-state index in [1.807, 2.05) is 6.79 Å². The quantitative estimate of drug-likeness (QED) is 0.522. The molecule has 0 rings (SSSR count). The zero-order chi connectivity index (χ0) is 6.28. The fraction of sp³-hybridized carbons (Fsp3) is 0.800. The normalized spacial score (nSPS) is 7.43. The van der Waals surface area contributed by atoms with Crippen molar-refractivity contribution < 1.29 is 4.79 Å². The SMILES string of the molecule is C=O.CC(C)CN. The second-order valence-electron chi connectivity index (χ2n) is 1.63. The number of hydrogen-bond acceptors (Lipinski definition) is 2. The Labute approximate surface area is 44.7 Å². The predicted molar refractivity (Wildman–Crippen MR) is 31.0 cm³/mol. The third-order valence-electron chi connectivity index (χ3n) is 0.471. The standard InChI is InChI=1S/C4H11N.CH2O/c1-4(2)3-5;1-2/h4H,3,5H2,1-2H3;1H2. The van der Waals surface area contributed by atoms with E-state index >= 15 is 0 Å². The molecule has 0 amide bonds. The zero-order valence-electron chi connectivity index (χ0n) is 4.98. The number of rotatable bonds is 1. The highest BCUT2D eigenvalue weighted by Gasteiger charge is 1.80. The average molecular weight is 103 g/mol. The van der Waals surface area contributed by atoms with E-state index in [9.17, 15) is 0 Å². The zero-order valence-corrected chi connectivity index (χ0v) is 4.98. The van der Waals surface area contributed by atoms with Crippen LogP contribution >= 0.6 is 0 Å². The molecule has 7 heavy (non-hydrogen) atoms. The minimum Gasteiger partial charge on any atom is -0.330 e. The van der Waals surface area contributed by atoms with Gasteiger partial charge in [0.05, 0.1) is 0 Å². The summed E-state index contributed by atoms with van der Waals surface area (Å²) >= 11 is 0. The minimum absolute atomic E-state index is 0.662. The van der Waals surface area contributed by atoms with Gasteiger partial charge in [-0.15, -0.1) is 0 Å². The smallest absolute Gasteiger partial charge is 0.106 e. The summed E-state index contributed by atoms with van der Waals surface area (Å²) in [4.78, 5) is 8.00. The Morgan fingerprint density at radius 2 is 1.71 bits per heavy atom. The van der Waals surface area contributed by atoms with Crippen molar-refractivity contribution in [3.63, 3.8) is 0 Å². The molecule has 0 fully saturated rings. The van der Waals surface area contributed by atoms with Gasteiger partial charge in [0.1, 0.15) is 6.79 Å². The van der Waals surface area contributed by atoms with Gasteiger partial charge in [-0.1, -0.05) is 13.8 Å². The number of carbonyl (C=O) groups excluding carboxylic acids is 1. The Balaban J connectivity index is 0. The first-order valence-electron chi connectivity index (χ1n) is 2.26. The molecular formula is C5H13NO. The van der Waals surface area contributed by atoms with Crippen LogP contribution < -0.4 is 5.73 Å². The Kier molecular flexibility index (Phi) is 12.8. The fourth-order valence-corrected chi connectivity index (χ4v) is 0. The first-order chi connectivity index (χ1) is 3.27. The van der Waals surface area contributed by atoms with Crippen LogP contribution in [0, 0.1) is 5.92 Å². The lowest BCUT2D eigenvalue weighted by Crippen LogP contribution is -2.05. The highest BCUT2D eigenvalue weighted by atomic mass is 16.1. The van der Waals surface area contributed by atoms with Gasteiger partial charge in [0.25, 0.3) is 0 Å². The van der Waals surface area contributed by atoms with Crippen LogP contribution in [-0.4, -0.2) is 13.3 Å². The van der Waals surface area contributed by atoms with Crippen LogP contribution in [0.2, 0.25) is 0 Å². The summed E-state index contributed by atoms with van der Waals surface area (Å²) in [6.07, 6.45) is 0. The second kappa shape index (κ2) is 9.16. The molecule has 0 aliphatic carbocycles. The van der Waals surface area contributed by atoms with E-state index in [1.165, 1.54) is 0 Å². The van der Waals surface area contributed by atoms with Gasteiger partial charge in [-0.2, -0.15) is 0 Å². The monoisotopic (exact) mass is 103 g/mol. The van der Waals surface area contributed by atoms with E-state index in [-0.39, 0.29) is 0 Å². The molecular weight excluding hydrogens is 90.1 g/mol. The summed E-state index contributed by atoms with van der Waals surface area (Å²) in [6.45, 7) is 7.00. The van der Waals surface area contributed by atoms with Crippen LogP contribution in [-0.2, 0) is 4.79 Å². The summed E-state index contributed by atoms with van der Waals surface area (Å²) in [5, 5.41) is 0. The Hall–Kier alpha value is -0.370. The molecule has 0 aliphatic rings. The average Bonchev–Trinajstić information content (AvgIpc) is 1.73. The number of carbonyl (C=O) groups is 1. The molecule has 2 heteroatoms. The summed E-state index contributed by atoms with van der Waals surface area (Å²) in [5.41, 5.74) is 5.17. The molecule has 0 aromatic heterocycles. The molecule has 0 atom stereocenters.